The van der Waals surface area contributed by atoms with E-state index in [-0.39, 0.29) is 0 Å². The van der Waals surface area contributed by atoms with E-state index in [2.05, 4.69) is 146 Å². The van der Waals surface area contributed by atoms with Crippen LogP contribution in [-0.4, -0.2) is 9.13 Å². The molecule has 4 heteroatoms. The van der Waals surface area contributed by atoms with Crippen molar-refractivity contribution in [2.45, 2.75) is 92.2 Å². The zero-order chi connectivity index (χ0) is 45.6. The Morgan fingerprint density at radius 3 is 1.23 bits per heavy atom. The van der Waals surface area contributed by atoms with Gasteiger partial charge in [-0.05, 0) is 96.5 Å². The number of aromatic nitrogens is 2. The zero-order valence-electron chi connectivity index (χ0n) is 38.9. The molecule has 0 bridgehead atoms. The first-order valence-electron chi connectivity index (χ1n) is 24.0. The van der Waals surface area contributed by atoms with Crippen LogP contribution in [0.25, 0.3) is 89.2 Å². The lowest BCUT2D eigenvalue weighted by Crippen LogP contribution is -2.02. The van der Waals surface area contributed by atoms with Gasteiger partial charge in [0.15, 0.2) is 0 Å². The predicted molar refractivity (Wildman–Crippen MR) is 281 cm³/mol. The van der Waals surface area contributed by atoms with Crippen molar-refractivity contribution in [3.8, 4) is 34.4 Å². The maximum atomic E-state index is 10.5. The van der Waals surface area contributed by atoms with Crippen LogP contribution in [-0.2, 0) is 13.1 Å². The second-order valence-corrected chi connectivity index (χ2v) is 18.0. The number of hydrogen-bond acceptors (Lipinski definition) is 2. The van der Waals surface area contributed by atoms with E-state index < -0.39 is 0 Å². The first-order chi connectivity index (χ1) is 32.4. The highest BCUT2D eigenvalue weighted by Gasteiger charge is 2.28. The fourth-order valence-electron chi connectivity index (χ4n) is 9.98. The quantitative estimate of drug-likeness (QED) is 0.0552. The van der Waals surface area contributed by atoms with E-state index in [1.165, 1.54) is 103 Å². The largest absolute Gasteiger partial charge is 0.340 e. The molecule has 7 aromatic carbocycles. The highest BCUT2D eigenvalue weighted by Crippen LogP contribution is 2.51. The van der Waals surface area contributed by atoms with E-state index in [0.717, 1.165) is 61.0 Å². The molecule has 0 amide bonds. The highest BCUT2D eigenvalue weighted by atomic mass is 15.0. The number of benzene rings is 7. The Hall–Kier alpha value is -7.40. The first kappa shape index (κ1) is 43.8. The average molecular weight is 859 g/mol. The molecule has 4 nitrogen and oxygen atoms in total. The highest BCUT2D eigenvalue weighted by molar-refractivity contribution is 6.32. The van der Waals surface area contributed by atoms with Gasteiger partial charge in [0.05, 0.1) is 34.3 Å². The second-order valence-electron chi connectivity index (χ2n) is 18.0. The SMILES string of the molecule is CCCCCCn1c2ccc(/C=C(/C#N)c3ccccc3)cc2c2c(-c3ccc(C)cc3)c3c(c(-c4ccc(C)cc4)c21)c1cc(/C=C(/C#N)c2ccccc2)ccc1n3CCCCCC. The number of aryl methyl sites for hydroxylation is 4. The third kappa shape index (κ3) is 8.60. The second kappa shape index (κ2) is 19.8. The van der Waals surface area contributed by atoms with E-state index in [4.69, 9.17) is 0 Å². The lowest BCUT2D eigenvalue weighted by molar-refractivity contribution is 0.602. The summed E-state index contributed by atoms with van der Waals surface area (Å²) in [5, 5.41) is 25.8. The van der Waals surface area contributed by atoms with Crippen molar-refractivity contribution in [1.82, 2.24) is 9.13 Å². The van der Waals surface area contributed by atoms with Gasteiger partial charge in [0.2, 0.25) is 0 Å². The van der Waals surface area contributed by atoms with Gasteiger partial charge in [-0.2, -0.15) is 10.5 Å². The molecule has 2 aromatic heterocycles. The van der Waals surface area contributed by atoms with E-state index in [0.29, 0.717) is 11.1 Å². The van der Waals surface area contributed by atoms with Crippen LogP contribution in [0.15, 0.2) is 146 Å². The maximum Gasteiger partial charge on any atom is 0.0998 e. The standard InChI is InChI=1S/C62H58N4/c1-5-7-9-17-35-65-55-33-27-45(37-51(41-63)47-19-13-11-14-20-47)39-53(55)59-58(50-31-25-44(4)26-32-50)62-60(57(61(59)65)49-29-23-43(3)24-30-49)54-40-46(38-52(42-64)48-21-15-12-16-22-48)28-34-56(54)66(62)36-18-10-8-6-2/h11-16,19-34,37-40H,5-10,17-18,35-36H2,1-4H3/b51-37-,52-38-. The molecule has 0 spiro atoms. The van der Waals surface area contributed by atoms with Gasteiger partial charge in [0.25, 0.3) is 0 Å². The molecule has 66 heavy (non-hydrogen) atoms. The van der Waals surface area contributed by atoms with E-state index >= 15 is 0 Å². The monoisotopic (exact) mass is 858 g/mol. The predicted octanol–water partition coefficient (Wildman–Crippen LogP) is 17.1. The number of rotatable bonds is 16. The van der Waals surface area contributed by atoms with Crippen LogP contribution in [0.5, 0.6) is 0 Å². The lowest BCUT2D eigenvalue weighted by atomic mass is 9.89. The Morgan fingerprint density at radius 1 is 0.470 bits per heavy atom. The Balaban J connectivity index is 1.48. The number of fused-ring (bicyclic) bond motifs is 6. The van der Waals surface area contributed by atoms with Crippen LogP contribution >= 0.6 is 0 Å². The van der Waals surface area contributed by atoms with Crippen LogP contribution in [0.2, 0.25) is 0 Å². The molecule has 0 aliphatic rings. The fourth-order valence-corrected chi connectivity index (χ4v) is 9.98. The average Bonchev–Trinajstić information content (AvgIpc) is 3.84. The fraction of sp³-hybridized carbons (Fsp3) is 0.226. The lowest BCUT2D eigenvalue weighted by Gasteiger charge is -2.18. The summed E-state index contributed by atoms with van der Waals surface area (Å²) < 4.78 is 5.25. The van der Waals surface area contributed by atoms with Gasteiger partial charge < -0.3 is 9.13 Å². The molecule has 0 atom stereocenters. The summed E-state index contributed by atoms with van der Waals surface area (Å²) in [7, 11) is 0. The van der Waals surface area contributed by atoms with Crippen LogP contribution in [0, 0.1) is 36.5 Å². The Morgan fingerprint density at radius 2 is 0.864 bits per heavy atom. The molecule has 0 aliphatic carbocycles. The molecule has 0 N–H and O–H groups in total. The Labute approximate surface area is 390 Å². The van der Waals surface area contributed by atoms with Crippen molar-refractivity contribution >= 4 is 66.9 Å². The topological polar surface area (TPSA) is 57.4 Å². The third-order valence-corrected chi connectivity index (χ3v) is 13.3. The summed E-state index contributed by atoms with van der Waals surface area (Å²) in [6.45, 7) is 10.7. The number of hydrogen-bond donors (Lipinski definition) is 0. The van der Waals surface area contributed by atoms with Crippen LogP contribution in [0.4, 0.5) is 0 Å². The van der Waals surface area contributed by atoms with Gasteiger partial charge in [-0.25, -0.2) is 0 Å². The third-order valence-electron chi connectivity index (χ3n) is 13.3. The zero-order valence-corrected chi connectivity index (χ0v) is 38.9. The summed E-state index contributed by atoms with van der Waals surface area (Å²) in [4.78, 5) is 0. The summed E-state index contributed by atoms with van der Waals surface area (Å²) >= 11 is 0. The van der Waals surface area contributed by atoms with Crippen LogP contribution in [0.1, 0.15) is 98.6 Å². The minimum absolute atomic E-state index is 0.642. The minimum Gasteiger partial charge on any atom is -0.340 e. The molecule has 0 radical (unpaired) electrons. The molecular weight excluding hydrogens is 801 g/mol. The van der Waals surface area contributed by atoms with Gasteiger partial charge in [-0.1, -0.05) is 185 Å². The van der Waals surface area contributed by atoms with Gasteiger partial charge in [-0.15, -0.1) is 0 Å². The molecule has 0 saturated heterocycles. The summed E-state index contributed by atoms with van der Waals surface area (Å²) in [5.74, 6) is 0. The minimum atomic E-state index is 0.642. The number of allylic oxidation sites excluding steroid dienone is 2. The molecule has 326 valence electrons. The van der Waals surface area contributed by atoms with Gasteiger partial charge >= 0.3 is 0 Å². The van der Waals surface area contributed by atoms with Crippen molar-refractivity contribution < 1.29 is 0 Å². The normalized spacial score (nSPS) is 12.1. The van der Waals surface area contributed by atoms with Crippen LogP contribution in [0.3, 0.4) is 0 Å². The molecule has 0 aliphatic heterocycles. The van der Waals surface area contributed by atoms with Crippen molar-refractivity contribution in [3.63, 3.8) is 0 Å². The van der Waals surface area contributed by atoms with E-state index in [1.54, 1.807) is 0 Å². The summed E-state index contributed by atoms with van der Waals surface area (Å²) in [6, 6.07) is 57.0. The summed E-state index contributed by atoms with van der Waals surface area (Å²) in [5.41, 5.74) is 17.3. The van der Waals surface area contributed by atoms with Gasteiger partial charge in [0.1, 0.15) is 0 Å². The van der Waals surface area contributed by atoms with Crippen molar-refractivity contribution in [2.75, 3.05) is 0 Å². The van der Waals surface area contributed by atoms with Crippen molar-refractivity contribution in [3.05, 3.63) is 179 Å². The number of nitrogens with zero attached hydrogens (tertiary/aromatic N) is 4. The van der Waals surface area contributed by atoms with E-state index in [1.807, 2.05) is 60.7 Å². The van der Waals surface area contributed by atoms with Crippen molar-refractivity contribution in [1.29, 1.82) is 10.5 Å². The number of nitriles is 2. The van der Waals surface area contributed by atoms with Crippen LogP contribution < -0.4 is 0 Å². The Bertz CT molecular complexity index is 3100. The smallest absolute Gasteiger partial charge is 0.0998 e. The number of unbranched alkanes of at least 4 members (excludes halogenated alkanes) is 6. The maximum absolute atomic E-state index is 10.5. The molecule has 9 rings (SSSR count). The molecular formula is C62H58N4. The molecule has 2 heterocycles. The molecule has 0 saturated carbocycles. The van der Waals surface area contributed by atoms with E-state index in [9.17, 15) is 10.5 Å². The Kier molecular flexibility index (Phi) is 13.1. The summed E-state index contributed by atoms with van der Waals surface area (Å²) in [6.07, 6.45) is 13.3. The molecule has 0 fully saturated rings. The van der Waals surface area contributed by atoms with Gasteiger partial charge in [0, 0.05) is 56.8 Å². The van der Waals surface area contributed by atoms with Gasteiger partial charge in [-0.3, -0.25) is 0 Å². The van der Waals surface area contributed by atoms with Crippen molar-refractivity contribution in [2.24, 2.45) is 0 Å². The molecule has 0 unspecified atom stereocenters. The first-order valence-corrected chi connectivity index (χ1v) is 24.0. The molecule has 9 aromatic rings.